The van der Waals surface area contributed by atoms with Gasteiger partial charge in [0.05, 0.1) is 11.2 Å². The standard InChI is InChI=1S/C57H90N2O6/c1-23-44(60)58-52(15,16)31-38(32-53(58,17)18)57(65,39-33-54(19,20)59(45(61)24-2)55(21,22)34-39)35-56(64,29-36-25-40(48(3,4)5)46(62)41(26-36)49(6,7)8)30-37-27-42(50(9,10)11)47(63)43(28-37)51(12,13)14/h23-28,38-39,62-65H,1-2,29-35H2,3-22H3. The molecule has 0 radical (unpaired) electrons. The highest BCUT2D eigenvalue weighted by atomic mass is 16.3. The summed E-state index contributed by atoms with van der Waals surface area (Å²) in [6.07, 6.45) is 4.95. The van der Waals surface area contributed by atoms with Crippen molar-refractivity contribution in [3.63, 3.8) is 0 Å². The largest absolute Gasteiger partial charge is 0.507 e. The summed E-state index contributed by atoms with van der Waals surface area (Å²) in [5, 5.41) is 52.1. The van der Waals surface area contributed by atoms with Crippen LogP contribution >= 0.6 is 0 Å². The van der Waals surface area contributed by atoms with Crippen LogP contribution in [0.5, 0.6) is 11.5 Å². The lowest BCUT2D eigenvalue weighted by Gasteiger charge is -2.63. The van der Waals surface area contributed by atoms with Crippen LogP contribution in [-0.4, -0.2) is 75.4 Å². The molecule has 4 N–H and O–H groups in total. The normalized spacial score (nSPS) is 19.8. The molecule has 2 aliphatic heterocycles. The molecule has 65 heavy (non-hydrogen) atoms. The number of amides is 2. The van der Waals surface area contributed by atoms with Gasteiger partial charge in [0.15, 0.2) is 0 Å². The maximum atomic E-state index is 14.4. The molecule has 0 bridgehead atoms. The molecule has 0 aliphatic carbocycles. The number of rotatable bonds is 10. The molecule has 8 nitrogen and oxygen atoms in total. The van der Waals surface area contributed by atoms with Crippen molar-refractivity contribution < 1.29 is 30.0 Å². The van der Waals surface area contributed by atoms with Gasteiger partial charge in [-0.2, -0.15) is 0 Å². The zero-order chi connectivity index (χ0) is 50.3. The number of hydrogen-bond donors (Lipinski definition) is 4. The molecule has 364 valence electrons. The fourth-order valence-electron chi connectivity index (χ4n) is 12.6. The van der Waals surface area contributed by atoms with Crippen molar-refractivity contribution in [1.29, 1.82) is 0 Å². The lowest BCUT2D eigenvalue weighted by Crippen LogP contribution is -2.69. The number of benzene rings is 2. The predicted octanol–water partition coefficient (Wildman–Crippen LogP) is 11.9. The molecule has 4 rings (SSSR count). The van der Waals surface area contributed by atoms with E-state index in [1.807, 2.05) is 34.1 Å². The molecule has 8 heteroatoms. The first-order valence-corrected chi connectivity index (χ1v) is 24.1. The van der Waals surface area contributed by atoms with Gasteiger partial charge in [-0.25, -0.2) is 0 Å². The number of aliphatic hydroxyl groups is 2. The molecule has 0 spiro atoms. The third-order valence-electron chi connectivity index (χ3n) is 14.9. The van der Waals surface area contributed by atoms with Gasteiger partial charge in [0.2, 0.25) is 11.8 Å². The Morgan fingerprint density at radius 2 is 0.769 bits per heavy atom. The molecule has 0 aromatic heterocycles. The van der Waals surface area contributed by atoms with Crippen LogP contribution in [0.2, 0.25) is 0 Å². The van der Waals surface area contributed by atoms with Gasteiger partial charge in [0, 0.05) is 41.4 Å². The average molecular weight is 899 g/mol. The quantitative estimate of drug-likeness (QED) is 0.176. The molecule has 2 saturated heterocycles. The van der Waals surface area contributed by atoms with E-state index in [0.717, 1.165) is 33.4 Å². The van der Waals surface area contributed by atoms with Gasteiger partial charge in [-0.05, 0) is 160 Å². The van der Waals surface area contributed by atoms with E-state index in [4.69, 9.17) is 0 Å². The predicted molar refractivity (Wildman–Crippen MR) is 269 cm³/mol. The minimum atomic E-state index is -1.58. The molecular weight excluding hydrogens is 809 g/mol. The van der Waals surface area contributed by atoms with E-state index >= 15 is 0 Å². The van der Waals surface area contributed by atoms with E-state index in [9.17, 15) is 30.0 Å². The minimum Gasteiger partial charge on any atom is -0.507 e. The molecule has 2 aromatic rings. The summed E-state index contributed by atoms with van der Waals surface area (Å²) in [5.41, 5.74) is -2.64. The highest BCUT2D eigenvalue weighted by Crippen LogP contribution is 2.56. The molecular formula is C57H90N2O6. The number of carbonyl (C=O) groups is 2. The van der Waals surface area contributed by atoms with Crippen LogP contribution in [0.3, 0.4) is 0 Å². The Hall–Kier alpha value is -3.62. The third-order valence-corrected chi connectivity index (χ3v) is 14.9. The molecule has 2 fully saturated rings. The summed E-state index contributed by atoms with van der Waals surface area (Å²) >= 11 is 0. The van der Waals surface area contributed by atoms with E-state index in [-0.39, 0.29) is 54.4 Å². The van der Waals surface area contributed by atoms with Gasteiger partial charge in [0.25, 0.3) is 0 Å². The van der Waals surface area contributed by atoms with Gasteiger partial charge in [-0.3, -0.25) is 9.59 Å². The second-order valence-electron chi connectivity index (χ2n) is 27.0. The Bertz CT molecular complexity index is 1890. The van der Waals surface area contributed by atoms with E-state index < -0.39 is 55.0 Å². The summed E-state index contributed by atoms with van der Waals surface area (Å²) in [5.74, 6) is -0.566. The smallest absolute Gasteiger partial charge is 0.246 e. The Labute approximate surface area is 395 Å². The Balaban J connectivity index is 2.13. The van der Waals surface area contributed by atoms with Gasteiger partial charge in [-0.15, -0.1) is 0 Å². The number of phenols is 2. The zero-order valence-corrected chi connectivity index (χ0v) is 44.5. The fourth-order valence-corrected chi connectivity index (χ4v) is 12.6. The van der Waals surface area contributed by atoms with Crippen molar-refractivity contribution in [3.05, 3.63) is 83.0 Å². The van der Waals surface area contributed by atoms with Gasteiger partial charge >= 0.3 is 0 Å². The molecule has 0 saturated carbocycles. The minimum absolute atomic E-state index is 0.00831. The van der Waals surface area contributed by atoms with Crippen LogP contribution in [0.1, 0.15) is 204 Å². The second kappa shape index (κ2) is 17.2. The van der Waals surface area contributed by atoms with E-state index in [2.05, 4.69) is 152 Å². The molecule has 2 heterocycles. The Morgan fingerprint density at radius 3 is 0.969 bits per heavy atom. The summed E-state index contributed by atoms with van der Waals surface area (Å²) in [6, 6.07) is 8.13. The Kier molecular flexibility index (Phi) is 14.3. The average Bonchev–Trinajstić information content (AvgIpc) is 3.08. The van der Waals surface area contributed by atoms with E-state index in [1.165, 1.54) is 12.2 Å². The SMILES string of the molecule is C=CC(=O)N1C(C)(C)CC(C(O)(CC(O)(Cc2cc(C(C)(C)C)c(O)c(C(C)(C)C)c2)Cc2cc(C(C)(C)C)c(O)c(C(C)(C)C)c2)C2CC(C)(C)N(C(=O)C=C)C(C)(C)C2)CC1(C)C. The number of aromatic hydroxyl groups is 2. The van der Waals surface area contributed by atoms with Crippen molar-refractivity contribution in [2.45, 2.75) is 238 Å². The van der Waals surface area contributed by atoms with Crippen molar-refractivity contribution in [1.82, 2.24) is 9.80 Å². The lowest BCUT2D eigenvalue weighted by molar-refractivity contribution is -0.198. The van der Waals surface area contributed by atoms with Crippen molar-refractivity contribution in [2.75, 3.05) is 0 Å². The molecule has 0 atom stereocenters. The number of piperidine rings is 2. The number of carbonyl (C=O) groups excluding carboxylic acids is 2. The fraction of sp³-hybridized carbons (Fsp3) is 0.684. The highest BCUT2D eigenvalue weighted by Gasteiger charge is 2.60. The summed E-state index contributed by atoms with van der Waals surface area (Å²) in [7, 11) is 0. The van der Waals surface area contributed by atoms with Gasteiger partial charge < -0.3 is 30.2 Å². The third kappa shape index (κ3) is 11.1. The molecule has 2 amide bonds. The monoisotopic (exact) mass is 899 g/mol. The number of hydrogen-bond acceptors (Lipinski definition) is 6. The second-order valence-corrected chi connectivity index (χ2v) is 27.0. The summed E-state index contributed by atoms with van der Waals surface area (Å²) in [4.78, 5) is 31.1. The zero-order valence-electron chi connectivity index (χ0n) is 44.5. The lowest BCUT2D eigenvalue weighted by atomic mass is 9.56. The van der Waals surface area contributed by atoms with Crippen LogP contribution in [0.25, 0.3) is 0 Å². The first kappa shape index (κ1) is 54.0. The van der Waals surface area contributed by atoms with Gasteiger partial charge in [0.1, 0.15) is 11.5 Å². The van der Waals surface area contributed by atoms with Crippen LogP contribution in [-0.2, 0) is 44.1 Å². The summed E-state index contributed by atoms with van der Waals surface area (Å²) in [6.45, 7) is 49.2. The van der Waals surface area contributed by atoms with Crippen molar-refractivity contribution >= 4 is 11.8 Å². The van der Waals surface area contributed by atoms with Crippen LogP contribution < -0.4 is 0 Å². The van der Waals surface area contributed by atoms with E-state index in [1.54, 1.807) is 0 Å². The molecule has 2 aromatic carbocycles. The summed E-state index contributed by atoms with van der Waals surface area (Å²) < 4.78 is 0. The van der Waals surface area contributed by atoms with Crippen LogP contribution in [0.4, 0.5) is 0 Å². The van der Waals surface area contributed by atoms with Crippen molar-refractivity contribution in [2.24, 2.45) is 11.8 Å². The van der Waals surface area contributed by atoms with Gasteiger partial charge in [-0.1, -0.05) is 121 Å². The first-order valence-electron chi connectivity index (χ1n) is 24.1. The molecule has 0 unspecified atom stereocenters. The first-order chi connectivity index (χ1) is 29.0. The van der Waals surface area contributed by atoms with E-state index in [0.29, 0.717) is 25.7 Å². The molecule has 2 aliphatic rings. The van der Waals surface area contributed by atoms with Crippen LogP contribution in [0.15, 0.2) is 49.6 Å². The maximum absolute atomic E-state index is 14.4. The highest BCUT2D eigenvalue weighted by molar-refractivity contribution is 5.89. The number of likely N-dealkylation sites (tertiary alicyclic amines) is 2. The maximum Gasteiger partial charge on any atom is 0.246 e. The van der Waals surface area contributed by atoms with Crippen LogP contribution in [0, 0.1) is 11.8 Å². The van der Waals surface area contributed by atoms with Crippen molar-refractivity contribution in [3.8, 4) is 11.5 Å². The Morgan fingerprint density at radius 1 is 0.538 bits per heavy atom. The number of nitrogens with zero attached hydrogens (tertiary/aromatic N) is 2. The topological polar surface area (TPSA) is 122 Å². The number of phenolic OH excluding ortho intramolecular Hbond substituents is 2.